The topological polar surface area (TPSA) is 84.3 Å². The number of nitrogens with one attached hydrogen (secondary N) is 2. The molecule has 0 saturated heterocycles. The fourth-order valence-corrected chi connectivity index (χ4v) is 1.05. The largest absolute Gasteiger partial charge is 0.325 e. The van der Waals surface area contributed by atoms with Crippen LogP contribution in [0.15, 0.2) is 24.3 Å². The highest BCUT2D eigenvalue weighted by molar-refractivity contribution is 5.94. The van der Waals surface area contributed by atoms with Gasteiger partial charge in [0.15, 0.2) is 0 Å². The van der Waals surface area contributed by atoms with Crippen molar-refractivity contribution in [2.75, 3.05) is 12.4 Å². The molecule has 0 aliphatic heterocycles. The number of nitro benzene ring substituents is 1. The van der Waals surface area contributed by atoms with Gasteiger partial charge in [0.2, 0.25) is 5.91 Å². The van der Waals surface area contributed by atoms with Gasteiger partial charge in [-0.15, -0.1) is 0 Å². The number of nitro groups is 1. The number of benzene rings is 1. The minimum Gasteiger partial charge on any atom is -0.325 e. The number of hydrogen-bond acceptors (Lipinski definition) is 4. The monoisotopic (exact) mass is 223 g/mol. The molecule has 6 heteroatoms. The van der Waals surface area contributed by atoms with Crippen molar-refractivity contribution < 1.29 is 9.72 Å². The van der Waals surface area contributed by atoms with Crippen molar-refractivity contribution in [2.24, 2.45) is 0 Å². The fraction of sp³-hybridized carbons (Fsp3) is 0.300. The summed E-state index contributed by atoms with van der Waals surface area (Å²) >= 11 is 0. The molecule has 0 radical (unpaired) electrons. The molecule has 0 bridgehead atoms. The summed E-state index contributed by atoms with van der Waals surface area (Å²) in [5, 5.41) is 15.8. The predicted octanol–water partition coefficient (Wildman–Crippen LogP) is 1.14. The van der Waals surface area contributed by atoms with Gasteiger partial charge < -0.3 is 10.6 Å². The molecule has 0 saturated carbocycles. The van der Waals surface area contributed by atoms with Gasteiger partial charge in [-0.1, -0.05) is 0 Å². The summed E-state index contributed by atoms with van der Waals surface area (Å²) in [6, 6.07) is 5.38. The first-order valence-corrected chi connectivity index (χ1v) is 4.77. The van der Waals surface area contributed by atoms with E-state index in [0.29, 0.717) is 5.69 Å². The van der Waals surface area contributed by atoms with Gasteiger partial charge in [-0.25, -0.2) is 0 Å². The Labute approximate surface area is 92.8 Å². The van der Waals surface area contributed by atoms with Gasteiger partial charge in [0.25, 0.3) is 5.69 Å². The van der Waals surface area contributed by atoms with Crippen LogP contribution >= 0.6 is 0 Å². The first-order chi connectivity index (χ1) is 7.54. The van der Waals surface area contributed by atoms with Gasteiger partial charge in [-0.2, -0.15) is 0 Å². The molecule has 6 nitrogen and oxygen atoms in total. The summed E-state index contributed by atoms with van der Waals surface area (Å²) in [6.45, 7) is 1.72. The number of non-ortho nitro benzene ring substituents is 1. The van der Waals surface area contributed by atoms with Gasteiger partial charge in [0, 0.05) is 17.8 Å². The maximum Gasteiger partial charge on any atom is 0.269 e. The number of likely N-dealkylation sites (N-methyl/N-ethyl adjacent to an activating group) is 1. The van der Waals surface area contributed by atoms with Crippen molar-refractivity contribution in [3.05, 3.63) is 34.4 Å². The third kappa shape index (κ3) is 3.03. The zero-order valence-electron chi connectivity index (χ0n) is 9.06. The Morgan fingerprint density at radius 1 is 1.38 bits per heavy atom. The van der Waals surface area contributed by atoms with E-state index in [1.165, 1.54) is 24.3 Å². The molecule has 1 unspecified atom stereocenters. The zero-order valence-corrected chi connectivity index (χ0v) is 9.06. The zero-order chi connectivity index (χ0) is 12.1. The lowest BCUT2D eigenvalue weighted by molar-refractivity contribution is -0.384. The third-order valence-electron chi connectivity index (χ3n) is 2.17. The van der Waals surface area contributed by atoms with Crippen molar-refractivity contribution >= 4 is 17.3 Å². The van der Waals surface area contributed by atoms with Gasteiger partial charge in [-0.05, 0) is 26.1 Å². The quantitative estimate of drug-likeness (QED) is 0.592. The van der Waals surface area contributed by atoms with E-state index >= 15 is 0 Å². The summed E-state index contributed by atoms with van der Waals surface area (Å²) in [6.07, 6.45) is 0. The SMILES string of the molecule is CNC(C)C(=O)Nc1ccc([N+](=O)[O-])cc1. The first-order valence-electron chi connectivity index (χ1n) is 4.77. The third-order valence-corrected chi connectivity index (χ3v) is 2.17. The Balaban J connectivity index is 2.69. The summed E-state index contributed by atoms with van der Waals surface area (Å²) in [7, 11) is 1.68. The van der Waals surface area contributed by atoms with Crippen molar-refractivity contribution in [1.82, 2.24) is 5.32 Å². The first kappa shape index (κ1) is 12.1. The molecule has 16 heavy (non-hydrogen) atoms. The van der Waals surface area contributed by atoms with Crippen molar-refractivity contribution in [3.8, 4) is 0 Å². The van der Waals surface area contributed by atoms with Crippen LogP contribution < -0.4 is 10.6 Å². The van der Waals surface area contributed by atoms with Crippen LogP contribution in [0.3, 0.4) is 0 Å². The van der Waals surface area contributed by atoms with Crippen LogP contribution in [0.1, 0.15) is 6.92 Å². The van der Waals surface area contributed by atoms with Crippen LogP contribution in [0, 0.1) is 10.1 Å². The highest BCUT2D eigenvalue weighted by Crippen LogP contribution is 2.15. The number of rotatable bonds is 4. The van der Waals surface area contributed by atoms with E-state index in [-0.39, 0.29) is 17.6 Å². The Bertz CT molecular complexity index is 389. The summed E-state index contributed by atoms with van der Waals surface area (Å²) in [5.41, 5.74) is 0.539. The molecule has 2 N–H and O–H groups in total. The lowest BCUT2D eigenvalue weighted by Gasteiger charge is -2.10. The number of nitrogens with zero attached hydrogens (tertiary/aromatic N) is 1. The van der Waals surface area contributed by atoms with E-state index in [1.54, 1.807) is 14.0 Å². The fourth-order valence-electron chi connectivity index (χ4n) is 1.05. The predicted molar refractivity (Wildman–Crippen MR) is 60.2 cm³/mol. The molecule has 0 aliphatic rings. The molecule has 0 spiro atoms. The van der Waals surface area contributed by atoms with Gasteiger partial charge >= 0.3 is 0 Å². The number of carbonyl (C=O) groups is 1. The summed E-state index contributed by atoms with van der Waals surface area (Å²) in [4.78, 5) is 21.4. The van der Waals surface area contributed by atoms with Crippen molar-refractivity contribution in [1.29, 1.82) is 0 Å². The molecule has 1 amide bonds. The van der Waals surface area contributed by atoms with Crippen molar-refractivity contribution in [3.63, 3.8) is 0 Å². The van der Waals surface area contributed by atoms with E-state index in [2.05, 4.69) is 10.6 Å². The van der Waals surface area contributed by atoms with E-state index < -0.39 is 4.92 Å². The highest BCUT2D eigenvalue weighted by atomic mass is 16.6. The van der Waals surface area contributed by atoms with Crippen molar-refractivity contribution in [2.45, 2.75) is 13.0 Å². The van der Waals surface area contributed by atoms with Gasteiger partial charge in [-0.3, -0.25) is 14.9 Å². The smallest absolute Gasteiger partial charge is 0.269 e. The van der Waals surface area contributed by atoms with E-state index in [0.717, 1.165) is 0 Å². The normalized spacial score (nSPS) is 11.9. The standard InChI is InChI=1S/C10H13N3O3/c1-7(11-2)10(14)12-8-3-5-9(6-4-8)13(15)16/h3-7,11H,1-2H3,(H,12,14). The second-order valence-electron chi connectivity index (χ2n) is 3.30. The minimum atomic E-state index is -0.484. The number of amides is 1. The van der Waals surface area contributed by atoms with Gasteiger partial charge in [0.1, 0.15) is 0 Å². The second-order valence-corrected chi connectivity index (χ2v) is 3.30. The summed E-state index contributed by atoms with van der Waals surface area (Å²) < 4.78 is 0. The van der Waals surface area contributed by atoms with E-state index in [4.69, 9.17) is 0 Å². The summed E-state index contributed by atoms with van der Waals surface area (Å²) in [5.74, 6) is -0.184. The molecule has 1 aromatic rings. The Morgan fingerprint density at radius 3 is 2.38 bits per heavy atom. The number of anilines is 1. The Hall–Kier alpha value is -1.95. The lowest BCUT2D eigenvalue weighted by Crippen LogP contribution is -2.35. The molecular weight excluding hydrogens is 210 g/mol. The van der Waals surface area contributed by atoms with Crippen LogP contribution in [0.5, 0.6) is 0 Å². The maximum absolute atomic E-state index is 11.5. The van der Waals surface area contributed by atoms with E-state index in [1.807, 2.05) is 0 Å². The molecule has 1 rings (SSSR count). The number of carbonyl (C=O) groups excluding carboxylic acids is 1. The average Bonchev–Trinajstić information content (AvgIpc) is 2.28. The molecule has 86 valence electrons. The molecular formula is C10H13N3O3. The molecule has 1 atom stereocenters. The van der Waals surface area contributed by atoms with E-state index in [9.17, 15) is 14.9 Å². The van der Waals surface area contributed by atoms with Gasteiger partial charge in [0.05, 0.1) is 11.0 Å². The molecule has 0 fully saturated rings. The lowest BCUT2D eigenvalue weighted by atomic mass is 10.2. The molecule has 0 aromatic heterocycles. The average molecular weight is 223 g/mol. The Kier molecular flexibility index (Phi) is 3.96. The molecule has 0 aliphatic carbocycles. The molecule has 0 heterocycles. The highest BCUT2D eigenvalue weighted by Gasteiger charge is 2.11. The number of hydrogen-bond donors (Lipinski definition) is 2. The van der Waals surface area contributed by atoms with Crippen LogP contribution in [0.2, 0.25) is 0 Å². The van der Waals surface area contributed by atoms with Crippen LogP contribution in [0.25, 0.3) is 0 Å². The minimum absolute atomic E-state index is 0.000311. The van der Waals surface area contributed by atoms with Crippen LogP contribution in [0.4, 0.5) is 11.4 Å². The maximum atomic E-state index is 11.5. The Morgan fingerprint density at radius 2 is 1.94 bits per heavy atom. The van der Waals surface area contributed by atoms with Crippen LogP contribution in [-0.4, -0.2) is 23.9 Å². The second kappa shape index (κ2) is 5.22. The molecule has 1 aromatic carbocycles. The van der Waals surface area contributed by atoms with Crippen LogP contribution in [-0.2, 0) is 4.79 Å².